The van der Waals surface area contributed by atoms with Gasteiger partial charge in [0.25, 0.3) is 0 Å². The van der Waals surface area contributed by atoms with E-state index < -0.39 is 12.8 Å². The molecule has 0 nitrogen and oxygen atoms in total. The zero-order valence-electron chi connectivity index (χ0n) is 6.02. The fraction of sp³-hybridized carbons (Fsp3) is 0.875. The van der Waals surface area contributed by atoms with Crippen LogP contribution in [0.5, 0.6) is 0 Å². The highest BCUT2D eigenvalue weighted by Crippen LogP contribution is 2.27. The normalized spacial score (nSPS) is 24.6. The van der Waals surface area contributed by atoms with Crippen LogP contribution in [-0.2, 0) is 0 Å². The maximum atomic E-state index is 12.6. The Hall–Kier alpha value is -0.140. The smallest absolute Gasteiger partial charge is 0.131 e. The predicted octanol–water partition coefficient (Wildman–Crippen LogP) is 2.69. The van der Waals surface area contributed by atoms with Crippen LogP contribution in [0.15, 0.2) is 0 Å². The molecule has 0 saturated heterocycles. The lowest BCUT2D eigenvalue weighted by Crippen LogP contribution is -2.20. The van der Waals surface area contributed by atoms with E-state index in [9.17, 15) is 8.78 Å². The predicted molar refractivity (Wildman–Crippen MR) is 37.1 cm³/mol. The molecule has 1 saturated carbocycles. The summed E-state index contributed by atoms with van der Waals surface area (Å²) in [4.78, 5) is 0. The Kier molecular flexibility index (Phi) is 3.10. The number of halogens is 2. The van der Waals surface area contributed by atoms with Crippen molar-refractivity contribution in [1.29, 1.82) is 0 Å². The Labute approximate surface area is 60.6 Å². The zero-order chi connectivity index (χ0) is 7.40. The van der Waals surface area contributed by atoms with Gasteiger partial charge in [-0.25, -0.2) is 8.78 Å². The minimum absolute atomic E-state index is 0.00463. The first kappa shape index (κ1) is 7.96. The molecule has 1 aliphatic rings. The monoisotopic (exact) mass is 147 g/mol. The molecule has 0 spiro atoms. The maximum absolute atomic E-state index is 12.6. The molecule has 0 N–H and O–H groups in total. The third kappa shape index (κ3) is 1.93. The van der Waals surface area contributed by atoms with Crippen molar-refractivity contribution in [1.82, 2.24) is 0 Å². The molecule has 1 atom stereocenters. The van der Waals surface area contributed by atoms with Crippen molar-refractivity contribution in [2.75, 3.05) is 6.67 Å². The summed E-state index contributed by atoms with van der Waals surface area (Å²) in [5.74, 6) is -0.00463. The second kappa shape index (κ2) is 3.89. The molecule has 0 aromatic rings. The van der Waals surface area contributed by atoms with Gasteiger partial charge in [-0.2, -0.15) is 0 Å². The number of alkyl halides is 2. The molecule has 0 aromatic carbocycles. The van der Waals surface area contributed by atoms with Crippen molar-refractivity contribution >= 4 is 0 Å². The minimum Gasteiger partial charge on any atom is -0.248 e. The van der Waals surface area contributed by atoms with Crippen LogP contribution in [0.4, 0.5) is 8.78 Å². The van der Waals surface area contributed by atoms with Crippen molar-refractivity contribution in [3.8, 4) is 0 Å². The molecule has 0 amide bonds. The van der Waals surface area contributed by atoms with Crippen LogP contribution in [0.25, 0.3) is 0 Å². The van der Waals surface area contributed by atoms with Crippen LogP contribution in [0, 0.1) is 12.3 Å². The first-order valence-electron chi connectivity index (χ1n) is 3.86. The van der Waals surface area contributed by atoms with Crippen molar-refractivity contribution in [3.05, 3.63) is 6.42 Å². The van der Waals surface area contributed by atoms with Crippen molar-refractivity contribution in [2.45, 2.75) is 31.9 Å². The van der Waals surface area contributed by atoms with E-state index in [4.69, 9.17) is 0 Å². The SMILES string of the molecule is FCC(F)C1CC[CH]CC1. The second-order valence-corrected chi connectivity index (χ2v) is 2.87. The van der Waals surface area contributed by atoms with Gasteiger partial charge in [0, 0.05) is 0 Å². The molecule has 0 heterocycles. The molecule has 0 aliphatic heterocycles. The summed E-state index contributed by atoms with van der Waals surface area (Å²) in [6, 6.07) is 0. The highest BCUT2D eigenvalue weighted by molar-refractivity contribution is 4.80. The standard InChI is InChI=1S/C8H13F2/c9-6-8(10)7-4-2-1-3-5-7/h1,7-8H,2-6H2. The minimum atomic E-state index is -1.20. The van der Waals surface area contributed by atoms with E-state index in [2.05, 4.69) is 6.42 Å². The molecule has 1 aliphatic carbocycles. The number of hydrogen-bond acceptors (Lipinski definition) is 0. The average Bonchev–Trinajstić information content (AvgIpc) is 2.05. The molecule has 1 rings (SSSR count). The summed E-state index contributed by atoms with van der Waals surface area (Å²) >= 11 is 0. The first-order valence-corrected chi connectivity index (χ1v) is 3.86. The Balaban J connectivity index is 2.24. The Bertz CT molecular complexity index is 87.3. The molecule has 1 fully saturated rings. The van der Waals surface area contributed by atoms with Gasteiger partial charge in [0.15, 0.2) is 0 Å². The topological polar surface area (TPSA) is 0 Å². The van der Waals surface area contributed by atoms with Crippen molar-refractivity contribution in [3.63, 3.8) is 0 Å². The Morgan fingerprint density at radius 1 is 1.40 bits per heavy atom. The highest BCUT2D eigenvalue weighted by Gasteiger charge is 2.22. The Morgan fingerprint density at radius 2 is 2.00 bits per heavy atom. The molecular formula is C8H13F2. The van der Waals surface area contributed by atoms with Gasteiger partial charge in [-0.15, -0.1) is 0 Å². The molecule has 10 heavy (non-hydrogen) atoms. The van der Waals surface area contributed by atoms with E-state index in [0.29, 0.717) is 0 Å². The van der Waals surface area contributed by atoms with Gasteiger partial charge in [-0.3, -0.25) is 0 Å². The Morgan fingerprint density at radius 3 is 2.50 bits per heavy atom. The number of rotatable bonds is 2. The largest absolute Gasteiger partial charge is 0.248 e. The first-order chi connectivity index (χ1) is 4.84. The van der Waals surface area contributed by atoms with Gasteiger partial charge in [0.1, 0.15) is 12.8 Å². The molecule has 1 unspecified atom stereocenters. The van der Waals surface area contributed by atoms with Gasteiger partial charge >= 0.3 is 0 Å². The summed E-state index contributed by atoms with van der Waals surface area (Å²) in [7, 11) is 0. The lowest BCUT2D eigenvalue weighted by Gasteiger charge is -2.22. The van der Waals surface area contributed by atoms with Crippen LogP contribution in [-0.4, -0.2) is 12.8 Å². The summed E-state index contributed by atoms with van der Waals surface area (Å²) in [6.07, 6.45) is 4.56. The van der Waals surface area contributed by atoms with E-state index in [-0.39, 0.29) is 5.92 Å². The lowest BCUT2D eigenvalue weighted by molar-refractivity contribution is 0.157. The molecule has 2 heteroatoms. The number of hydrogen-bond donors (Lipinski definition) is 0. The van der Waals surface area contributed by atoms with Crippen LogP contribution in [0.3, 0.4) is 0 Å². The third-order valence-electron chi connectivity index (χ3n) is 2.14. The van der Waals surface area contributed by atoms with E-state index in [0.717, 1.165) is 25.7 Å². The van der Waals surface area contributed by atoms with E-state index in [1.165, 1.54) is 0 Å². The summed E-state index contributed by atoms with van der Waals surface area (Å²) < 4.78 is 24.4. The summed E-state index contributed by atoms with van der Waals surface area (Å²) in [6.45, 7) is -0.801. The van der Waals surface area contributed by atoms with Crippen LogP contribution in [0.1, 0.15) is 25.7 Å². The van der Waals surface area contributed by atoms with Crippen molar-refractivity contribution in [2.24, 2.45) is 5.92 Å². The van der Waals surface area contributed by atoms with E-state index in [1.807, 2.05) is 0 Å². The zero-order valence-corrected chi connectivity index (χ0v) is 6.02. The van der Waals surface area contributed by atoms with Crippen LogP contribution < -0.4 is 0 Å². The fourth-order valence-electron chi connectivity index (χ4n) is 1.44. The van der Waals surface area contributed by atoms with Gasteiger partial charge in [-0.05, 0) is 38.0 Å². The van der Waals surface area contributed by atoms with Gasteiger partial charge in [-0.1, -0.05) is 0 Å². The van der Waals surface area contributed by atoms with E-state index in [1.54, 1.807) is 0 Å². The maximum Gasteiger partial charge on any atom is 0.131 e. The molecular weight excluding hydrogens is 134 g/mol. The summed E-state index contributed by atoms with van der Waals surface area (Å²) in [5.41, 5.74) is 0. The van der Waals surface area contributed by atoms with Gasteiger partial charge in [0.05, 0.1) is 0 Å². The average molecular weight is 147 g/mol. The quantitative estimate of drug-likeness (QED) is 0.563. The van der Waals surface area contributed by atoms with E-state index >= 15 is 0 Å². The van der Waals surface area contributed by atoms with Crippen LogP contribution >= 0.6 is 0 Å². The molecule has 0 aromatic heterocycles. The molecule has 59 valence electrons. The third-order valence-corrected chi connectivity index (χ3v) is 2.14. The lowest BCUT2D eigenvalue weighted by atomic mass is 9.86. The molecule has 0 bridgehead atoms. The van der Waals surface area contributed by atoms with Gasteiger partial charge < -0.3 is 0 Å². The van der Waals surface area contributed by atoms with Crippen LogP contribution in [0.2, 0.25) is 0 Å². The second-order valence-electron chi connectivity index (χ2n) is 2.87. The van der Waals surface area contributed by atoms with Gasteiger partial charge in [0.2, 0.25) is 0 Å². The van der Waals surface area contributed by atoms with Crippen molar-refractivity contribution < 1.29 is 8.78 Å². The summed E-state index contributed by atoms with van der Waals surface area (Å²) in [5, 5.41) is 0. The fourth-order valence-corrected chi connectivity index (χ4v) is 1.44. The molecule has 1 radical (unpaired) electrons. The highest BCUT2D eigenvalue weighted by atomic mass is 19.2.